The van der Waals surface area contributed by atoms with Crippen molar-refractivity contribution >= 4 is 23.9 Å². The number of amides is 2. The third-order valence-corrected chi connectivity index (χ3v) is 9.67. The van der Waals surface area contributed by atoms with Crippen molar-refractivity contribution in [2.75, 3.05) is 13.2 Å². The van der Waals surface area contributed by atoms with Gasteiger partial charge in [0.05, 0.1) is 17.9 Å². The minimum atomic E-state index is -0.566. The van der Waals surface area contributed by atoms with E-state index in [4.69, 9.17) is 14.2 Å². The Morgan fingerprint density at radius 2 is 1.61 bits per heavy atom. The summed E-state index contributed by atoms with van der Waals surface area (Å²) in [6.45, 7) is 11.4. The van der Waals surface area contributed by atoms with Crippen molar-refractivity contribution in [1.29, 1.82) is 0 Å². The van der Waals surface area contributed by atoms with Gasteiger partial charge in [0.2, 0.25) is 0 Å². The van der Waals surface area contributed by atoms with Gasteiger partial charge in [0.25, 0.3) is 0 Å². The monoisotopic (exact) mass is 698 g/mol. The van der Waals surface area contributed by atoms with E-state index in [-0.39, 0.29) is 42.9 Å². The van der Waals surface area contributed by atoms with Crippen molar-refractivity contribution in [2.24, 2.45) is 5.92 Å². The molecule has 1 aromatic heterocycles. The van der Waals surface area contributed by atoms with Crippen LogP contribution in [0.2, 0.25) is 0 Å². The van der Waals surface area contributed by atoms with Gasteiger partial charge in [-0.15, -0.1) is 0 Å². The van der Waals surface area contributed by atoms with Crippen molar-refractivity contribution in [2.45, 2.75) is 116 Å². The lowest BCUT2D eigenvalue weighted by atomic mass is 9.83. The van der Waals surface area contributed by atoms with E-state index in [0.717, 1.165) is 72.3 Å². The number of benzene rings is 2. The number of esters is 1. The van der Waals surface area contributed by atoms with Gasteiger partial charge in [0.15, 0.2) is 12.4 Å². The fraction of sp³-hybridized carbons (Fsp3) is 0.525. The number of aromatic amines is 1. The van der Waals surface area contributed by atoms with Gasteiger partial charge in [-0.1, -0.05) is 24.3 Å². The minimum absolute atomic E-state index is 0.0369. The van der Waals surface area contributed by atoms with E-state index in [9.17, 15) is 19.2 Å². The Hall–Kier alpha value is -4.67. The number of hydrogen-bond acceptors (Lipinski definition) is 8. The highest BCUT2D eigenvalue weighted by molar-refractivity contribution is 5.99. The van der Waals surface area contributed by atoms with Crippen molar-refractivity contribution in [1.82, 2.24) is 20.2 Å². The number of imidazole rings is 1. The Kier molecular flexibility index (Phi) is 10.3. The average molecular weight is 699 g/mol. The number of ketones is 1. The highest BCUT2D eigenvalue weighted by atomic mass is 16.6. The maximum Gasteiger partial charge on any atom is 0.410 e. The van der Waals surface area contributed by atoms with Crippen molar-refractivity contribution in [3.05, 3.63) is 65.1 Å². The first-order chi connectivity index (χ1) is 24.1. The average Bonchev–Trinajstić information content (AvgIpc) is 3.83. The normalized spacial score (nSPS) is 20.0. The fourth-order valence-electron chi connectivity index (χ4n) is 7.37. The number of rotatable bonds is 8. The predicted molar refractivity (Wildman–Crippen MR) is 192 cm³/mol. The SMILES string of the molecule is CC(C)(C)OC(=O)N[C@@H]1CC[C@H](CC(=O)OCC(=O)c2ccc3c(c2)CCc2cc(-c4cnc([C@@H]5CCCN5C(=O)OC(C)(C)C)[nH]4)ccc2-3)C1. The van der Waals surface area contributed by atoms with Crippen LogP contribution in [0.4, 0.5) is 9.59 Å². The van der Waals surface area contributed by atoms with E-state index in [1.807, 2.05) is 59.9 Å². The summed E-state index contributed by atoms with van der Waals surface area (Å²) in [5, 5.41) is 2.89. The van der Waals surface area contributed by atoms with Crippen LogP contribution in [0, 0.1) is 5.92 Å². The lowest BCUT2D eigenvalue weighted by Crippen LogP contribution is -2.38. The lowest BCUT2D eigenvalue weighted by Gasteiger charge is -2.27. The van der Waals surface area contributed by atoms with Crippen LogP contribution in [0.1, 0.15) is 113 Å². The summed E-state index contributed by atoms with van der Waals surface area (Å²) in [6, 6.07) is 11.9. The molecule has 2 aliphatic carbocycles. The van der Waals surface area contributed by atoms with Gasteiger partial charge in [-0.25, -0.2) is 14.6 Å². The standard InChI is InChI=1S/C40H50N4O7/c1-39(2,3)50-37(47)42-29-14-9-24(18-29)19-35(46)49-23-34(45)28-13-16-31-26(21-28)11-10-25-20-27(12-15-30(25)31)32-22-41-36(43-32)33-8-7-17-44(33)38(48)51-40(4,5)6/h12-13,15-16,20-22,24,29,33H,7-11,14,17-19,23H2,1-6H3,(H,41,43)(H,42,47)/t24-,29+,33-/m0/s1. The van der Waals surface area contributed by atoms with Gasteiger partial charge < -0.3 is 24.5 Å². The molecule has 1 saturated carbocycles. The van der Waals surface area contributed by atoms with Crippen LogP contribution in [-0.2, 0) is 31.8 Å². The number of aryl methyl sites for hydroxylation is 2. The number of carbonyl (C=O) groups excluding carboxylic acids is 4. The third kappa shape index (κ3) is 8.98. The molecule has 3 aromatic rings. The molecule has 2 N–H and O–H groups in total. The Balaban J connectivity index is 1.03. The molecule has 51 heavy (non-hydrogen) atoms. The summed E-state index contributed by atoms with van der Waals surface area (Å²) in [7, 11) is 0. The van der Waals surface area contributed by atoms with E-state index in [1.54, 1.807) is 11.0 Å². The minimum Gasteiger partial charge on any atom is -0.457 e. The van der Waals surface area contributed by atoms with Gasteiger partial charge in [0.1, 0.15) is 17.0 Å². The topological polar surface area (TPSA) is 140 Å². The summed E-state index contributed by atoms with van der Waals surface area (Å²) in [5.74, 6) is 0.223. The second-order valence-corrected chi connectivity index (χ2v) is 16.1. The number of aromatic nitrogens is 2. The second kappa shape index (κ2) is 14.5. The number of alkyl carbamates (subject to hydrolysis) is 1. The number of fused-ring (bicyclic) bond motifs is 3. The highest BCUT2D eigenvalue weighted by Gasteiger charge is 2.35. The molecule has 3 aliphatic rings. The summed E-state index contributed by atoms with van der Waals surface area (Å²) in [5.41, 5.74) is 5.87. The number of ether oxygens (including phenoxy) is 3. The molecular weight excluding hydrogens is 648 g/mol. The van der Waals surface area contributed by atoms with E-state index >= 15 is 0 Å². The number of H-pyrrole nitrogens is 1. The molecule has 0 spiro atoms. The maximum atomic E-state index is 13.0. The molecule has 272 valence electrons. The molecule has 1 aliphatic heterocycles. The maximum absolute atomic E-state index is 13.0. The molecule has 1 saturated heterocycles. The van der Waals surface area contributed by atoms with Crippen molar-refractivity contribution in [3.8, 4) is 22.4 Å². The smallest absolute Gasteiger partial charge is 0.410 e. The van der Waals surface area contributed by atoms with Crippen LogP contribution in [-0.4, -0.2) is 69.2 Å². The second-order valence-electron chi connectivity index (χ2n) is 16.1. The van der Waals surface area contributed by atoms with Crippen LogP contribution in [0.25, 0.3) is 22.4 Å². The van der Waals surface area contributed by atoms with Gasteiger partial charge in [-0.2, -0.15) is 0 Å². The summed E-state index contributed by atoms with van der Waals surface area (Å²) in [6.07, 6.45) is 6.88. The van der Waals surface area contributed by atoms with Gasteiger partial charge in [-0.05, 0) is 132 Å². The molecule has 2 amide bonds. The molecule has 3 atom stereocenters. The number of carbonyl (C=O) groups is 4. The molecule has 0 unspecified atom stereocenters. The van der Waals surface area contributed by atoms with Crippen molar-refractivity contribution in [3.63, 3.8) is 0 Å². The Labute approximate surface area is 299 Å². The van der Waals surface area contributed by atoms with E-state index in [2.05, 4.69) is 33.5 Å². The predicted octanol–water partition coefficient (Wildman–Crippen LogP) is 7.72. The molecule has 2 heterocycles. The van der Waals surface area contributed by atoms with Crippen LogP contribution in [0.3, 0.4) is 0 Å². The zero-order valence-corrected chi connectivity index (χ0v) is 30.6. The zero-order chi connectivity index (χ0) is 36.5. The first-order valence-electron chi connectivity index (χ1n) is 18.1. The largest absolute Gasteiger partial charge is 0.457 e. The fourth-order valence-corrected chi connectivity index (χ4v) is 7.37. The number of nitrogens with one attached hydrogen (secondary N) is 2. The lowest BCUT2D eigenvalue weighted by molar-refractivity contribution is -0.143. The molecule has 2 aromatic carbocycles. The summed E-state index contributed by atoms with van der Waals surface area (Å²) < 4.78 is 16.4. The summed E-state index contributed by atoms with van der Waals surface area (Å²) >= 11 is 0. The molecule has 11 heteroatoms. The van der Waals surface area contributed by atoms with Crippen LogP contribution < -0.4 is 5.32 Å². The van der Waals surface area contributed by atoms with Crippen molar-refractivity contribution < 1.29 is 33.4 Å². The molecule has 0 bridgehead atoms. The van der Waals surface area contributed by atoms with E-state index in [0.29, 0.717) is 18.5 Å². The highest BCUT2D eigenvalue weighted by Crippen LogP contribution is 2.38. The van der Waals surface area contributed by atoms with Gasteiger partial charge in [0, 0.05) is 24.6 Å². The molecule has 6 rings (SSSR count). The number of Topliss-reactive ketones (excluding diaryl/α,β-unsaturated/α-hetero) is 1. The third-order valence-electron chi connectivity index (χ3n) is 9.67. The molecule has 0 radical (unpaired) electrons. The van der Waals surface area contributed by atoms with Crippen LogP contribution in [0.5, 0.6) is 0 Å². The van der Waals surface area contributed by atoms with Gasteiger partial charge >= 0.3 is 18.2 Å². The molecular formula is C40H50N4O7. The Morgan fingerprint density at radius 3 is 2.33 bits per heavy atom. The van der Waals surface area contributed by atoms with Crippen LogP contribution in [0.15, 0.2) is 42.6 Å². The Bertz CT molecular complexity index is 1800. The number of nitrogens with zero attached hydrogens (tertiary/aromatic N) is 2. The summed E-state index contributed by atoms with van der Waals surface area (Å²) in [4.78, 5) is 60.5. The zero-order valence-electron chi connectivity index (χ0n) is 30.6. The first kappa shape index (κ1) is 36.1. The first-order valence-corrected chi connectivity index (χ1v) is 18.1. The van der Waals surface area contributed by atoms with E-state index in [1.165, 1.54) is 5.56 Å². The van der Waals surface area contributed by atoms with Gasteiger partial charge in [-0.3, -0.25) is 14.5 Å². The van der Waals surface area contributed by atoms with E-state index < -0.39 is 23.3 Å². The Morgan fingerprint density at radius 1 is 0.902 bits per heavy atom. The number of likely N-dealkylation sites (tertiary alicyclic amines) is 1. The molecule has 2 fully saturated rings. The van der Waals surface area contributed by atoms with Crippen LogP contribution >= 0.6 is 0 Å². The number of hydrogen-bond donors (Lipinski definition) is 2. The molecule has 11 nitrogen and oxygen atoms in total. The quantitative estimate of drug-likeness (QED) is 0.138.